The number of anilines is 2. The molecule has 3 rings (SSSR count). The molecule has 108 valence electrons. The first-order chi connectivity index (χ1) is 9.72. The van der Waals surface area contributed by atoms with Crippen LogP contribution in [0.4, 0.5) is 16.4 Å². The molecule has 0 spiro atoms. The highest BCUT2D eigenvalue weighted by Gasteiger charge is 2.28. The van der Waals surface area contributed by atoms with E-state index in [4.69, 9.17) is 0 Å². The Kier molecular flexibility index (Phi) is 3.76. The van der Waals surface area contributed by atoms with Gasteiger partial charge in [-0.25, -0.2) is 9.78 Å². The normalized spacial score (nSPS) is 19.8. The van der Waals surface area contributed by atoms with Crippen LogP contribution in [-0.4, -0.2) is 30.1 Å². The molecule has 2 amide bonds. The molecule has 2 heterocycles. The molecule has 5 nitrogen and oxygen atoms in total. The molecule has 1 aliphatic carbocycles. The Hall–Kier alpha value is -1.78. The van der Waals surface area contributed by atoms with E-state index in [0.717, 1.165) is 18.9 Å². The third kappa shape index (κ3) is 3.21. The highest BCUT2D eigenvalue weighted by molar-refractivity contribution is 5.88. The number of nitrogens with zero attached hydrogens (tertiary/aromatic N) is 2. The summed E-state index contributed by atoms with van der Waals surface area (Å²) in [6, 6.07) is 5.87. The molecule has 1 atom stereocenters. The van der Waals surface area contributed by atoms with Crippen LogP contribution in [0.25, 0.3) is 0 Å². The SMILES string of the molecule is C[C@H](NC(=O)Nc1cccc(N2CCCC2)n1)C1CC1. The lowest BCUT2D eigenvalue weighted by atomic mass is 10.2. The molecule has 1 saturated carbocycles. The Labute approximate surface area is 119 Å². The predicted molar refractivity (Wildman–Crippen MR) is 80.0 cm³/mol. The average Bonchev–Trinajstić information content (AvgIpc) is 3.14. The zero-order valence-corrected chi connectivity index (χ0v) is 11.9. The third-order valence-electron chi connectivity index (χ3n) is 4.09. The second-order valence-corrected chi connectivity index (χ2v) is 5.80. The lowest BCUT2D eigenvalue weighted by molar-refractivity contribution is 0.248. The summed E-state index contributed by atoms with van der Waals surface area (Å²) in [5.41, 5.74) is 0. The van der Waals surface area contributed by atoms with Crippen LogP contribution in [0.3, 0.4) is 0 Å². The summed E-state index contributed by atoms with van der Waals surface area (Å²) in [6.07, 6.45) is 4.89. The monoisotopic (exact) mass is 274 g/mol. The molecule has 1 aromatic rings. The van der Waals surface area contributed by atoms with Crippen molar-refractivity contribution >= 4 is 17.7 Å². The van der Waals surface area contributed by atoms with Gasteiger partial charge in [0.15, 0.2) is 0 Å². The molecule has 0 aromatic carbocycles. The van der Waals surface area contributed by atoms with Crippen molar-refractivity contribution in [2.24, 2.45) is 5.92 Å². The van der Waals surface area contributed by atoms with Gasteiger partial charge in [0.1, 0.15) is 11.6 Å². The van der Waals surface area contributed by atoms with Crippen LogP contribution in [0.1, 0.15) is 32.6 Å². The van der Waals surface area contributed by atoms with Gasteiger partial charge in [-0.1, -0.05) is 6.07 Å². The van der Waals surface area contributed by atoms with E-state index in [0.29, 0.717) is 11.7 Å². The molecule has 0 bridgehead atoms. The standard InChI is InChI=1S/C15H22N4O/c1-11(12-7-8-12)16-15(20)18-13-5-4-6-14(17-13)19-9-2-3-10-19/h4-6,11-12H,2-3,7-10H2,1H3,(H2,16,17,18,20)/t11-/m0/s1. The summed E-state index contributed by atoms with van der Waals surface area (Å²) in [5, 5.41) is 5.81. The molecule has 0 radical (unpaired) electrons. The van der Waals surface area contributed by atoms with E-state index in [-0.39, 0.29) is 12.1 Å². The third-order valence-corrected chi connectivity index (χ3v) is 4.09. The van der Waals surface area contributed by atoms with E-state index < -0.39 is 0 Å². The maximum Gasteiger partial charge on any atom is 0.320 e. The van der Waals surface area contributed by atoms with Gasteiger partial charge in [0.2, 0.25) is 0 Å². The fraction of sp³-hybridized carbons (Fsp3) is 0.600. The van der Waals surface area contributed by atoms with E-state index >= 15 is 0 Å². The number of nitrogens with one attached hydrogen (secondary N) is 2. The van der Waals surface area contributed by atoms with Crippen molar-refractivity contribution < 1.29 is 4.79 Å². The molecule has 0 unspecified atom stereocenters. The first-order valence-electron chi connectivity index (χ1n) is 7.52. The highest BCUT2D eigenvalue weighted by atomic mass is 16.2. The van der Waals surface area contributed by atoms with Crippen molar-refractivity contribution in [2.75, 3.05) is 23.3 Å². The van der Waals surface area contributed by atoms with Gasteiger partial charge in [-0.3, -0.25) is 5.32 Å². The van der Waals surface area contributed by atoms with Crippen molar-refractivity contribution in [2.45, 2.75) is 38.6 Å². The lowest BCUT2D eigenvalue weighted by Crippen LogP contribution is -2.37. The van der Waals surface area contributed by atoms with E-state index in [1.54, 1.807) is 0 Å². The van der Waals surface area contributed by atoms with Gasteiger partial charge in [0.25, 0.3) is 0 Å². The summed E-state index contributed by atoms with van der Waals surface area (Å²) in [6.45, 7) is 4.17. The molecule has 5 heteroatoms. The number of hydrogen-bond donors (Lipinski definition) is 2. The van der Waals surface area contributed by atoms with Gasteiger partial charge < -0.3 is 10.2 Å². The maximum atomic E-state index is 11.9. The van der Waals surface area contributed by atoms with Crippen LogP contribution in [0.5, 0.6) is 0 Å². The molecule has 2 aliphatic rings. The number of urea groups is 1. The molecule has 2 fully saturated rings. The maximum absolute atomic E-state index is 11.9. The Bertz CT molecular complexity index is 481. The molecular weight excluding hydrogens is 252 g/mol. The Morgan fingerprint density at radius 3 is 2.80 bits per heavy atom. The van der Waals surface area contributed by atoms with Crippen LogP contribution < -0.4 is 15.5 Å². The van der Waals surface area contributed by atoms with E-state index in [9.17, 15) is 4.79 Å². The summed E-state index contributed by atoms with van der Waals surface area (Å²) in [4.78, 5) is 18.7. The summed E-state index contributed by atoms with van der Waals surface area (Å²) < 4.78 is 0. The van der Waals surface area contributed by atoms with E-state index in [1.807, 2.05) is 18.2 Å². The average molecular weight is 274 g/mol. The number of aromatic nitrogens is 1. The first kappa shape index (κ1) is 13.2. The molecular formula is C15H22N4O. The zero-order valence-electron chi connectivity index (χ0n) is 11.9. The van der Waals surface area contributed by atoms with E-state index in [1.165, 1.54) is 25.7 Å². The quantitative estimate of drug-likeness (QED) is 0.887. The van der Waals surface area contributed by atoms with Gasteiger partial charge in [0, 0.05) is 19.1 Å². The summed E-state index contributed by atoms with van der Waals surface area (Å²) >= 11 is 0. The molecule has 1 aromatic heterocycles. The number of amides is 2. The molecule has 1 saturated heterocycles. The van der Waals surface area contributed by atoms with Gasteiger partial charge in [-0.2, -0.15) is 0 Å². The van der Waals surface area contributed by atoms with Gasteiger partial charge >= 0.3 is 6.03 Å². The van der Waals surface area contributed by atoms with Crippen LogP contribution in [0, 0.1) is 5.92 Å². The lowest BCUT2D eigenvalue weighted by Gasteiger charge is -2.17. The predicted octanol–water partition coefficient (Wildman–Crippen LogP) is 2.60. The van der Waals surface area contributed by atoms with Crippen molar-refractivity contribution in [3.63, 3.8) is 0 Å². The Balaban J connectivity index is 1.58. The number of rotatable bonds is 4. The van der Waals surface area contributed by atoms with Crippen LogP contribution in [0.15, 0.2) is 18.2 Å². The van der Waals surface area contributed by atoms with Gasteiger partial charge in [-0.15, -0.1) is 0 Å². The van der Waals surface area contributed by atoms with Crippen LogP contribution >= 0.6 is 0 Å². The molecule has 2 N–H and O–H groups in total. The number of carbonyl (C=O) groups excluding carboxylic acids is 1. The molecule has 1 aliphatic heterocycles. The number of pyridine rings is 1. The second kappa shape index (κ2) is 5.69. The second-order valence-electron chi connectivity index (χ2n) is 5.80. The largest absolute Gasteiger partial charge is 0.357 e. The topological polar surface area (TPSA) is 57.3 Å². The zero-order chi connectivity index (χ0) is 13.9. The van der Waals surface area contributed by atoms with Crippen molar-refractivity contribution in [3.8, 4) is 0 Å². The highest BCUT2D eigenvalue weighted by Crippen LogP contribution is 2.32. The number of carbonyl (C=O) groups is 1. The minimum atomic E-state index is -0.157. The molecule has 20 heavy (non-hydrogen) atoms. The minimum Gasteiger partial charge on any atom is -0.357 e. The fourth-order valence-corrected chi connectivity index (χ4v) is 2.69. The van der Waals surface area contributed by atoms with E-state index in [2.05, 4.69) is 27.4 Å². The first-order valence-corrected chi connectivity index (χ1v) is 7.52. The van der Waals surface area contributed by atoms with Gasteiger partial charge in [0.05, 0.1) is 0 Å². The van der Waals surface area contributed by atoms with Crippen molar-refractivity contribution in [3.05, 3.63) is 18.2 Å². The Morgan fingerprint density at radius 2 is 2.10 bits per heavy atom. The van der Waals surface area contributed by atoms with Crippen LogP contribution in [-0.2, 0) is 0 Å². The van der Waals surface area contributed by atoms with Crippen LogP contribution in [0.2, 0.25) is 0 Å². The Morgan fingerprint density at radius 1 is 1.35 bits per heavy atom. The van der Waals surface area contributed by atoms with Crippen molar-refractivity contribution in [1.29, 1.82) is 0 Å². The number of hydrogen-bond acceptors (Lipinski definition) is 3. The van der Waals surface area contributed by atoms with Gasteiger partial charge in [-0.05, 0) is 50.7 Å². The van der Waals surface area contributed by atoms with Crippen molar-refractivity contribution in [1.82, 2.24) is 10.3 Å². The minimum absolute atomic E-state index is 0.157. The summed E-state index contributed by atoms with van der Waals surface area (Å²) in [5.74, 6) is 2.23. The smallest absolute Gasteiger partial charge is 0.320 e. The fourth-order valence-electron chi connectivity index (χ4n) is 2.69. The summed E-state index contributed by atoms with van der Waals surface area (Å²) in [7, 11) is 0.